The lowest BCUT2D eigenvalue weighted by molar-refractivity contribution is -0.175. The van der Waals surface area contributed by atoms with Gasteiger partial charge in [-0.2, -0.15) is 0 Å². The highest BCUT2D eigenvalue weighted by Crippen LogP contribution is 2.25. The van der Waals surface area contributed by atoms with E-state index in [9.17, 15) is 22.8 Å². The molecule has 0 bridgehead atoms. The first-order chi connectivity index (χ1) is 12.3. The van der Waals surface area contributed by atoms with Crippen molar-refractivity contribution in [3.05, 3.63) is 35.4 Å². The summed E-state index contributed by atoms with van der Waals surface area (Å²) in [5.74, 6) is -2.53. The van der Waals surface area contributed by atoms with Crippen molar-refractivity contribution in [2.75, 3.05) is 25.4 Å². The van der Waals surface area contributed by atoms with Crippen LogP contribution in [-0.4, -0.2) is 61.6 Å². The van der Waals surface area contributed by atoms with Crippen LogP contribution in [0.5, 0.6) is 0 Å². The number of primary sulfonamides is 1. The van der Waals surface area contributed by atoms with Crippen LogP contribution in [0.2, 0.25) is 0 Å². The van der Waals surface area contributed by atoms with Crippen molar-refractivity contribution in [2.24, 2.45) is 11.1 Å². The van der Waals surface area contributed by atoms with Gasteiger partial charge in [0.15, 0.2) is 0 Å². The van der Waals surface area contributed by atoms with Crippen LogP contribution >= 0.6 is 0 Å². The average Bonchev–Trinajstić information content (AvgIpc) is 2.85. The molecule has 0 saturated carbocycles. The fourth-order valence-corrected chi connectivity index (χ4v) is 3.58. The normalized spacial score (nSPS) is 18.9. The number of amides is 2. The van der Waals surface area contributed by atoms with E-state index in [-0.39, 0.29) is 16.9 Å². The van der Waals surface area contributed by atoms with Gasteiger partial charge in [0.25, 0.3) is 11.8 Å². The van der Waals surface area contributed by atoms with Crippen molar-refractivity contribution in [2.45, 2.75) is 12.8 Å². The number of fused-ring (bicyclic) bond motifs is 1. The van der Waals surface area contributed by atoms with Gasteiger partial charge in [-0.25, -0.2) is 18.4 Å². The third kappa shape index (κ3) is 3.92. The Morgan fingerprint density at radius 3 is 2.15 bits per heavy atom. The van der Waals surface area contributed by atoms with E-state index in [0.717, 1.165) is 0 Å². The molecule has 0 aromatic heterocycles. The predicted octanol–water partition coefficient (Wildman–Crippen LogP) is -0.259. The molecule has 2 aliphatic rings. The van der Waals surface area contributed by atoms with Crippen molar-refractivity contribution >= 4 is 27.8 Å². The van der Waals surface area contributed by atoms with E-state index in [4.69, 9.17) is 9.98 Å². The molecule has 0 atom stereocenters. The molecule has 0 radical (unpaired) electrons. The molecule has 1 fully saturated rings. The lowest BCUT2D eigenvalue weighted by Gasteiger charge is -2.30. The first-order valence-electron chi connectivity index (χ1n) is 8.19. The minimum atomic E-state index is -3.52. The molecule has 1 aromatic rings. The molecular formula is C16H19N3O6S. The molecule has 2 aliphatic heterocycles. The Hall–Kier alpha value is -2.30. The maximum absolute atomic E-state index is 12.3. The molecule has 0 aliphatic carbocycles. The van der Waals surface area contributed by atoms with Gasteiger partial charge in [-0.3, -0.25) is 9.59 Å². The number of hydrogen-bond donors (Lipinski definition) is 1. The zero-order valence-electron chi connectivity index (χ0n) is 14.0. The van der Waals surface area contributed by atoms with Gasteiger partial charge in [-0.15, -0.1) is 0 Å². The summed E-state index contributed by atoms with van der Waals surface area (Å²) in [5.41, 5.74) is 0.422. The largest absolute Gasteiger partial charge is 0.336 e. The van der Waals surface area contributed by atoms with Crippen molar-refractivity contribution in [1.29, 1.82) is 0 Å². The molecule has 10 heteroatoms. The molecule has 2 N–H and O–H groups in total. The van der Waals surface area contributed by atoms with Crippen LogP contribution in [0.15, 0.2) is 24.3 Å². The van der Waals surface area contributed by atoms with Gasteiger partial charge >= 0.3 is 5.97 Å². The number of rotatable bonds is 5. The Labute approximate surface area is 150 Å². The van der Waals surface area contributed by atoms with Crippen molar-refractivity contribution in [3.8, 4) is 0 Å². The number of carbonyl (C=O) groups excluding carboxylic acids is 3. The summed E-state index contributed by atoms with van der Waals surface area (Å²) in [6.07, 6.45) is 0.902. The lowest BCUT2D eigenvalue weighted by Crippen LogP contribution is -2.42. The van der Waals surface area contributed by atoms with E-state index in [1.807, 2.05) is 4.90 Å². The van der Waals surface area contributed by atoms with E-state index >= 15 is 0 Å². The number of nitrogens with two attached hydrogens (primary N) is 1. The summed E-state index contributed by atoms with van der Waals surface area (Å²) in [4.78, 5) is 43.7. The predicted molar refractivity (Wildman–Crippen MR) is 90.2 cm³/mol. The van der Waals surface area contributed by atoms with Crippen molar-refractivity contribution in [1.82, 2.24) is 9.96 Å². The summed E-state index contributed by atoms with van der Waals surface area (Å²) < 4.78 is 22.0. The fourth-order valence-electron chi connectivity index (χ4n) is 3.06. The number of hydrogen-bond acceptors (Lipinski definition) is 7. The Morgan fingerprint density at radius 1 is 1.12 bits per heavy atom. The first-order valence-corrected chi connectivity index (χ1v) is 9.90. The SMILES string of the molecule is NS(=O)(=O)CCN1CCC(C(=O)ON2C(=O)c3ccccc3C2=O)CC1. The number of likely N-dealkylation sites (tertiary alicyclic amines) is 1. The molecule has 1 aromatic carbocycles. The molecule has 0 spiro atoms. The maximum Gasteiger partial charge on any atom is 0.336 e. The minimum Gasteiger partial charge on any atom is -0.329 e. The van der Waals surface area contributed by atoms with Crippen LogP contribution in [0.25, 0.3) is 0 Å². The molecule has 3 rings (SSSR count). The van der Waals surface area contributed by atoms with Crippen LogP contribution in [0, 0.1) is 5.92 Å². The van der Waals surface area contributed by atoms with Gasteiger partial charge in [-0.05, 0) is 38.1 Å². The van der Waals surface area contributed by atoms with Crippen molar-refractivity contribution < 1.29 is 27.6 Å². The van der Waals surface area contributed by atoms with Crippen molar-refractivity contribution in [3.63, 3.8) is 0 Å². The second-order valence-electron chi connectivity index (χ2n) is 6.34. The number of nitrogens with zero attached hydrogens (tertiary/aromatic N) is 2. The third-order valence-electron chi connectivity index (χ3n) is 4.55. The van der Waals surface area contributed by atoms with Crippen LogP contribution in [0.1, 0.15) is 33.6 Å². The topological polar surface area (TPSA) is 127 Å². The Morgan fingerprint density at radius 2 is 1.65 bits per heavy atom. The minimum absolute atomic E-state index is 0.142. The summed E-state index contributed by atoms with van der Waals surface area (Å²) in [7, 11) is -3.52. The van der Waals surface area contributed by atoms with E-state index in [2.05, 4.69) is 0 Å². The second-order valence-corrected chi connectivity index (χ2v) is 8.08. The molecular weight excluding hydrogens is 362 g/mol. The Bertz CT molecular complexity index is 810. The van der Waals surface area contributed by atoms with Crippen LogP contribution < -0.4 is 5.14 Å². The van der Waals surface area contributed by atoms with Gasteiger partial charge in [0.1, 0.15) is 0 Å². The number of piperidine rings is 1. The number of hydroxylamine groups is 2. The molecule has 2 heterocycles. The second kappa shape index (κ2) is 7.14. The van der Waals surface area contributed by atoms with Crippen LogP contribution in [-0.2, 0) is 19.7 Å². The van der Waals surface area contributed by atoms with E-state index < -0.39 is 33.7 Å². The van der Waals surface area contributed by atoms with Gasteiger partial charge in [-0.1, -0.05) is 17.2 Å². The third-order valence-corrected chi connectivity index (χ3v) is 5.30. The van der Waals surface area contributed by atoms with Crippen LogP contribution in [0.3, 0.4) is 0 Å². The zero-order chi connectivity index (χ0) is 18.9. The van der Waals surface area contributed by atoms with Gasteiger partial charge in [0.05, 0.1) is 22.8 Å². The number of carbonyl (C=O) groups is 3. The Kier molecular flexibility index (Phi) is 5.08. The molecule has 2 amide bonds. The summed E-state index contributed by atoms with van der Waals surface area (Å²) >= 11 is 0. The number of sulfonamides is 1. The highest BCUT2D eigenvalue weighted by Gasteiger charge is 2.40. The molecule has 0 unspecified atom stereocenters. The highest BCUT2D eigenvalue weighted by atomic mass is 32.2. The first kappa shape index (κ1) is 18.5. The standard InChI is InChI=1S/C16H19N3O6S/c17-26(23,24)10-9-18-7-5-11(6-8-18)16(22)25-19-14(20)12-3-1-2-4-13(12)15(19)21/h1-4,11H,5-10H2,(H2,17,23,24). The van der Waals surface area contributed by atoms with E-state index in [1.165, 1.54) is 12.1 Å². The molecule has 26 heavy (non-hydrogen) atoms. The fraction of sp³-hybridized carbons (Fsp3) is 0.438. The highest BCUT2D eigenvalue weighted by molar-refractivity contribution is 7.89. The van der Waals surface area contributed by atoms with Gasteiger partial charge < -0.3 is 9.74 Å². The molecule has 1 saturated heterocycles. The van der Waals surface area contributed by atoms with Gasteiger partial charge in [0, 0.05) is 6.54 Å². The average molecular weight is 381 g/mol. The van der Waals surface area contributed by atoms with Crippen LogP contribution in [0.4, 0.5) is 0 Å². The summed E-state index contributed by atoms with van der Waals surface area (Å²) in [6.45, 7) is 1.33. The summed E-state index contributed by atoms with van der Waals surface area (Å²) in [6, 6.07) is 6.28. The maximum atomic E-state index is 12.3. The smallest absolute Gasteiger partial charge is 0.329 e. The Balaban J connectivity index is 1.54. The molecule has 9 nitrogen and oxygen atoms in total. The van der Waals surface area contributed by atoms with E-state index in [0.29, 0.717) is 37.5 Å². The van der Waals surface area contributed by atoms with Gasteiger partial charge in [0.2, 0.25) is 10.0 Å². The van der Waals surface area contributed by atoms with E-state index in [1.54, 1.807) is 12.1 Å². The lowest BCUT2D eigenvalue weighted by atomic mass is 9.97. The monoisotopic (exact) mass is 381 g/mol. The summed E-state index contributed by atoms with van der Waals surface area (Å²) in [5, 5.41) is 5.50. The quantitative estimate of drug-likeness (QED) is 0.696. The number of imide groups is 1. The zero-order valence-corrected chi connectivity index (χ0v) is 14.8. The molecule has 140 valence electrons. The number of benzene rings is 1.